The van der Waals surface area contributed by atoms with Crippen molar-refractivity contribution < 1.29 is 4.74 Å². The Morgan fingerprint density at radius 1 is 1.56 bits per heavy atom. The fraction of sp³-hybridized carbons (Fsp3) is 0.667. The van der Waals surface area contributed by atoms with Gasteiger partial charge < -0.3 is 20.3 Å². The third-order valence-corrected chi connectivity index (χ3v) is 2.96. The van der Waals surface area contributed by atoms with E-state index in [1.807, 2.05) is 27.1 Å². The van der Waals surface area contributed by atoms with Gasteiger partial charge in [-0.15, -0.1) is 0 Å². The van der Waals surface area contributed by atoms with Gasteiger partial charge >= 0.3 is 0 Å². The smallest absolute Gasteiger partial charge is 0.134 e. The standard InChI is InChI=1S/C12H21N5O/c1-9-15-11(13-2)6-12(16-9)17(3)7-10-8-18-5-4-14-10/h6,10,14H,4-5,7-8H2,1-3H3,(H,13,15,16). The molecule has 2 N–H and O–H groups in total. The van der Waals surface area contributed by atoms with E-state index in [0.29, 0.717) is 6.04 Å². The number of morpholine rings is 1. The molecular weight excluding hydrogens is 230 g/mol. The van der Waals surface area contributed by atoms with E-state index in [9.17, 15) is 0 Å². The number of aryl methyl sites for hydroxylation is 1. The second-order valence-electron chi connectivity index (χ2n) is 4.52. The Morgan fingerprint density at radius 2 is 2.39 bits per heavy atom. The van der Waals surface area contributed by atoms with Gasteiger partial charge in [-0.2, -0.15) is 0 Å². The van der Waals surface area contributed by atoms with Crippen LogP contribution in [0.25, 0.3) is 0 Å². The molecule has 1 saturated heterocycles. The van der Waals surface area contributed by atoms with Crippen LogP contribution in [0.5, 0.6) is 0 Å². The van der Waals surface area contributed by atoms with E-state index >= 15 is 0 Å². The summed E-state index contributed by atoms with van der Waals surface area (Å²) in [7, 11) is 3.90. The first-order valence-electron chi connectivity index (χ1n) is 6.24. The fourth-order valence-electron chi connectivity index (χ4n) is 2.04. The first-order chi connectivity index (χ1) is 8.69. The predicted octanol–water partition coefficient (Wildman–Crippen LogP) is 0.251. The van der Waals surface area contributed by atoms with Gasteiger partial charge in [-0.25, -0.2) is 9.97 Å². The van der Waals surface area contributed by atoms with Crippen molar-refractivity contribution in [2.24, 2.45) is 0 Å². The second kappa shape index (κ2) is 5.97. The summed E-state index contributed by atoms with van der Waals surface area (Å²) in [6, 6.07) is 2.31. The van der Waals surface area contributed by atoms with Gasteiger partial charge in [0, 0.05) is 39.3 Å². The highest BCUT2D eigenvalue weighted by Crippen LogP contribution is 2.14. The lowest BCUT2D eigenvalue weighted by molar-refractivity contribution is 0.0790. The fourth-order valence-corrected chi connectivity index (χ4v) is 2.04. The Labute approximate surface area is 108 Å². The number of hydrogen-bond donors (Lipinski definition) is 2. The molecule has 1 aliphatic heterocycles. The van der Waals surface area contributed by atoms with Crippen LogP contribution in [0.2, 0.25) is 0 Å². The molecule has 0 aromatic carbocycles. The number of hydrogen-bond acceptors (Lipinski definition) is 6. The molecule has 0 radical (unpaired) electrons. The first kappa shape index (κ1) is 13.0. The molecule has 1 aliphatic rings. The largest absolute Gasteiger partial charge is 0.378 e. The summed E-state index contributed by atoms with van der Waals surface area (Å²) in [4.78, 5) is 10.9. The van der Waals surface area contributed by atoms with E-state index in [2.05, 4.69) is 25.5 Å². The molecule has 6 nitrogen and oxygen atoms in total. The van der Waals surface area contributed by atoms with E-state index in [1.54, 1.807) is 0 Å². The van der Waals surface area contributed by atoms with Gasteiger partial charge in [-0.05, 0) is 6.92 Å². The van der Waals surface area contributed by atoms with Crippen LogP contribution in [0.1, 0.15) is 5.82 Å². The minimum absolute atomic E-state index is 0.358. The van der Waals surface area contributed by atoms with Crippen LogP contribution in [0, 0.1) is 6.92 Å². The summed E-state index contributed by atoms with van der Waals surface area (Å²) in [6.07, 6.45) is 0. The number of likely N-dealkylation sites (N-methyl/N-ethyl adjacent to an activating group) is 1. The number of nitrogens with zero attached hydrogens (tertiary/aromatic N) is 3. The van der Waals surface area contributed by atoms with Crippen molar-refractivity contribution in [1.82, 2.24) is 15.3 Å². The van der Waals surface area contributed by atoms with E-state index in [0.717, 1.165) is 43.8 Å². The van der Waals surface area contributed by atoms with Crippen LogP contribution in [0.3, 0.4) is 0 Å². The minimum atomic E-state index is 0.358. The third kappa shape index (κ3) is 3.30. The third-order valence-electron chi connectivity index (χ3n) is 2.96. The van der Waals surface area contributed by atoms with Crippen LogP contribution in [0.4, 0.5) is 11.6 Å². The number of aromatic nitrogens is 2. The zero-order valence-corrected chi connectivity index (χ0v) is 11.2. The average molecular weight is 251 g/mol. The molecule has 0 spiro atoms. The van der Waals surface area contributed by atoms with Crippen molar-refractivity contribution in [3.8, 4) is 0 Å². The quantitative estimate of drug-likeness (QED) is 0.800. The number of ether oxygens (including phenoxy) is 1. The van der Waals surface area contributed by atoms with Crippen molar-refractivity contribution in [1.29, 1.82) is 0 Å². The van der Waals surface area contributed by atoms with Crippen molar-refractivity contribution in [3.05, 3.63) is 11.9 Å². The van der Waals surface area contributed by atoms with Crippen LogP contribution < -0.4 is 15.5 Å². The molecule has 1 aromatic heterocycles. The highest BCUT2D eigenvalue weighted by Gasteiger charge is 2.16. The lowest BCUT2D eigenvalue weighted by Crippen LogP contribution is -2.47. The predicted molar refractivity (Wildman–Crippen MR) is 72.2 cm³/mol. The molecule has 1 unspecified atom stereocenters. The van der Waals surface area contributed by atoms with Crippen LogP contribution in [-0.2, 0) is 4.74 Å². The molecule has 0 aliphatic carbocycles. The molecule has 1 aromatic rings. The van der Waals surface area contributed by atoms with Crippen LogP contribution in [0.15, 0.2) is 6.07 Å². The summed E-state index contributed by atoms with van der Waals surface area (Å²) in [5.74, 6) is 2.55. The van der Waals surface area contributed by atoms with Gasteiger partial charge in [0.05, 0.1) is 13.2 Å². The number of nitrogens with one attached hydrogen (secondary N) is 2. The highest BCUT2D eigenvalue weighted by molar-refractivity contribution is 5.48. The maximum absolute atomic E-state index is 5.45. The highest BCUT2D eigenvalue weighted by atomic mass is 16.5. The maximum atomic E-state index is 5.45. The normalized spacial score (nSPS) is 19.6. The second-order valence-corrected chi connectivity index (χ2v) is 4.52. The topological polar surface area (TPSA) is 62.3 Å². The molecule has 1 atom stereocenters. The van der Waals surface area contributed by atoms with Crippen molar-refractivity contribution in [2.45, 2.75) is 13.0 Å². The van der Waals surface area contributed by atoms with Gasteiger partial charge in [0.15, 0.2) is 0 Å². The number of rotatable bonds is 4. The van der Waals surface area contributed by atoms with Crippen molar-refractivity contribution >= 4 is 11.6 Å². The van der Waals surface area contributed by atoms with E-state index in [1.165, 1.54) is 0 Å². The first-order valence-corrected chi connectivity index (χ1v) is 6.24. The summed E-state index contributed by atoms with van der Waals surface area (Å²) in [5.41, 5.74) is 0. The van der Waals surface area contributed by atoms with E-state index in [4.69, 9.17) is 4.74 Å². The Morgan fingerprint density at radius 3 is 3.06 bits per heavy atom. The molecule has 1 fully saturated rings. The summed E-state index contributed by atoms with van der Waals surface area (Å²) in [5, 5.41) is 6.49. The molecule has 2 rings (SSSR count). The molecule has 100 valence electrons. The van der Waals surface area contributed by atoms with Crippen LogP contribution in [-0.4, -0.2) is 56.4 Å². The van der Waals surface area contributed by atoms with Gasteiger partial charge in [-0.1, -0.05) is 0 Å². The van der Waals surface area contributed by atoms with Crippen LogP contribution >= 0.6 is 0 Å². The Kier molecular flexibility index (Phi) is 4.33. The van der Waals surface area contributed by atoms with Gasteiger partial charge in [-0.3, -0.25) is 0 Å². The molecule has 0 amide bonds. The Balaban J connectivity index is 2.02. The summed E-state index contributed by atoms with van der Waals surface area (Å²) >= 11 is 0. The van der Waals surface area contributed by atoms with E-state index in [-0.39, 0.29) is 0 Å². The maximum Gasteiger partial charge on any atom is 0.134 e. The molecule has 18 heavy (non-hydrogen) atoms. The Bertz CT molecular complexity index is 392. The van der Waals surface area contributed by atoms with Gasteiger partial charge in [0.1, 0.15) is 17.5 Å². The lowest BCUT2D eigenvalue weighted by atomic mass is 10.2. The molecule has 2 heterocycles. The molecule has 6 heteroatoms. The molecule has 0 bridgehead atoms. The molecular formula is C12H21N5O. The summed E-state index contributed by atoms with van der Waals surface area (Å²) in [6.45, 7) is 5.26. The summed E-state index contributed by atoms with van der Waals surface area (Å²) < 4.78 is 5.45. The van der Waals surface area contributed by atoms with E-state index < -0.39 is 0 Å². The number of anilines is 2. The lowest BCUT2D eigenvalue weighted by Gasteiger charge is -2.29. The minimum Gasteiger partial charge on any atom is -0.378 e. The zero-order chi connectivity index (χ0) is 13.0. The Hall–Kier alpha value is -1.40. The van der Waals surface area contributed by atoms with Gasteiger partial charge in [0.2, 0.25) is 0 Å². The molecule has 0 saturated carbocycles. The SMILES string of the molecule is CNc1cc(N(C)CC2COCCN2)nc(C)n1. The monoisotopic (exact) mass is 251 g/mol. The van der Waals surface area contributed by atoms with Crippen molar-refractivity contribution in [2.75, 3.05) is 50.6 Å². The zero-order valence-electron chi connectivity index (χ0n) is 11.2. The van der Waals surface area contributed by atoms with Gasteiger partial charge in [0.25, 0.3) is 0 Å². The van der Waals surface area contributed by atoms with Crippen molar-refractivity contribution in [3.63, 3.8) is 0 Å². The average Bonchev–Trinajstić information content (AvgIpc) is 2.39.